The molecule has 0 atom stereocenters. The largest absolute Gasteiger partial charge is 0.507 e. The molecule has 0 saturated carbocycles. The molecule has 6 nitrogen and oxygen atoms in total. The predicted octanol–water partition coefficient (Wildman–Crippen LogP) is 4.44. The molecule has 27 heavy (non-hydrogen) atoms. The number of hydrogen-bond acceptors (Lipinski definition) is 5. The van der Waals surface area contributed by atoms with Crippen LogP contribution in [0.3, 0.4) is 0 Å². The lowest BCUT2D eigenvalue weighted by Gasteiger charge is -2.07. The SMILES string of the molecule is COC(=O)c1ccc2nc(-c3cc(-c4cccnc4Cl)ccc3O)[nH]c2c1. The van der Waals surface area contributed by atoms with E-state index in [1.165, 1.54) is 7.11 Å². The van der Waals surface area contributed by atoms with Crippen LogP contribution in [-0.4, -0.2) is 33.1 Å². The molecule has 0 aliphatic heterocycles. The van der Waals surface area contributed by atoms with Gasteiger partial charge in [-0.1, -0.05) is 17.7 Å². The molecule has 0 bridgehead atoms. The molecule has 2 N–H and O–H groups in total. The van der Waals surface area contributed by atoms with Gasteiger partial charge in [-0.25, -0.2) is 14.8 Å². The van der Waals surface area contributed by atoms with Crippen molar-refractivity contribution in [1.82, 2.24) is 15.0 Å². The van der Waals surface area contributed by atoms with Crippen LogP contribution in [0.2, 0.25) is 5.15 Å². The van der Waals surface area contributed by atoms with Gasteiger partial charge < -0.3 is 14.8 Å². The summed E-state index contributed by atoms with van der Waals surface area (Å²) in [6, 6.07) is 13.8. The maximum Gasteiger partial charge on any atom is 0.337 e. The van der Waals surface area contributed by atoms with Crippen molar-refractivity contribution in [1.29, 1.82) is 0 Å². The molecule has 4 aromatic rings. The fraction of sp³-hybridized carbons (Fsp3) is 0.0500. The van der Waals surface area contributed by atoms with E-state index in [9.17, 15) is 9.90 Å². The molecule has 0 fully saturated rings. The van der Waals surface area contributed by atoms with Crippen molar-refractivity contribution in [2.45, 2.75) is 0 Å². The number of nitrogens with one attached hydrogen (secondary N) is 1. The molecule has 4 rings (SSSR count). The molecule has 2 aromatic carbocycles. The van der Waals surface area contributed by atoms with Crippen molar-refractivity contribution in [2.24, 2.45) is 0 Å². The van der Waals surface area contributed by atoms with Crippen LogP contribution in [0.5, 0.6) is 5.75 Å². The van der Waals surface area contributed by atoms with Crippen molar-refractivity contribution < 1.29 is 14.6 Å². The average Bonchev–Trinajstić information content (AvgIpc) is 3.11. The van der Waals surface area contributed by atoms with Crippen molar-refractivity contribution >= 4 is 28.6 Å². The summed E-state index contributed by atoms with van der Waals surface area (Å²) < 4.78 is 4.74. The Labute approximate surface area is 159 Å². The van der Waals surface area contributed by atoms with Crippen molar-refractivity contribution in [2.75, 3.05) is 7.11 Å². The fourth-order valence-electron chi connectivity index (χ4n) is 2.88. The minimum absolute atomic E-state index is 0.0750. The number of halogens is 1. The van der Waals surface area contributed by atoms with E-state index < -0.39 is 5.97 Å². The van der Waals surface area contributed by atoms with E-state index in [1.54, 1.807) is 48.7 Å². The van der Waals surface area contributed by atoms with Gasteiger partial charge in [0.1, 0.15) is 16.7 Å². The maximum absolute atomic E-state index is 11.7. The average molecular weight is 380 g/mol. The highest BCUT2D eigenvalue weighted by Crippen LogP contribution is 2.35. The number of aromatic nitrogens is 3. The normalized spacial score (nSPS) is 10.9. The number of methoxy groups -OCH3 is 1. The molecule has 2 aromatic heterocycles. The number of H-pyrrole nitrogens is 1. The predicted molar refractivity (Wildman–Crippen MR) is 103 cm³/mol. The van der Waals surface area contributed by atoms with E-state index in [2.05, 4.69) is 15.0 Å². The van der Waals surface area contributed by atoms with E-state index in [0.29, 0.717) is 33.1 Å². The van der Waals surface area contributed by atoms with Gasteiger partial charge in [-0.15, -0.1) is 0 Å². The Morgan fingerprint density at radius 2 is 2.00 bits per heavy atom. The van der Waals surface area contributed by atoms with Crippen molar-refractivity contribution in [3.8, 4) is 28.3 Å². The first kappa shape index (κ1) is 17.1. The molecule has 0 spiro atoms. The Hall–Kier alpha value is -3.38. The second kappa shape index (κ2) is 6.74. The van der Waals surface area contributed by atoms with Crippen LogP contribution in [0.1, 0.15) is 10.4 Å². The quantitative estimate of drug-likeness (QED) is 0.406. The number of hydrogen-bond donors (Lipinski definition) is 2. The Morgan fingerprint density at radius 3 is 2.78 bits per heavy atom. The van der Waals surface area contributed by atoms with Crippen LogP contribution in [0.4, 0.5) is 0 Å². The molecular weight excluding hydrogens is 366 g/mol. The highest BCUT2D eigenvalue weighted by atomic mass is 35.5. The van der Waals surface area contributed by atoms with Crippen LogP contribution in [0.15, 0.2) is 54.7 Å². The Morgan fingerprint density at radius 1 is 1.15 bits per heavy atom. The summed E-state index contributed by atoms with van der Waals surface area (Å²) in [4.78, 5) is 23.4. The number of imidazole rings is 1. The molecule has 134 valence electrons. The second-order valence-corrected chi connectivity index (χ2v) is 6.24. The summed E-state index contributed by atoms with van der Waals surface area (Å²) in [5, 5.41) is 10.7. The minimum atomic E-state index is -0.427. The Balaban J connectivity index is 1.82. The highest BCUT2D eigenvalue weighted by molar-refractivity contribution is 6.32. The number of phenolic OH excluding ortho intramolecular Hbond substituents is 1. The summed E-state index contributed by atoms with van der Waals surface area (Å²) in [6.45, 7) is 0. The van der Waals surface area contributed by atoms with E-state index in [0.717, 1.165) is 11.1 Å². The van der Waals surface area contributed by atoms with Gasteiger partial charge >= 0.3 is 5.97 Å². The van der Waals surface area contributed by atoms with Gasteiger partial charge in [-0.3, -0.25) is 0 Å². The van der Waals surface area contributed by atoms with Crippen LogP contribution < -0.4 is 0 Å². The standard InChI is InChI=1S/C20H14ClN3O3/c1-27-20(26)12-4-6-15-16(10-12)24-19(23-15)14-9-11(5-7-17(14)25)13-3-2-8-22-18(13)21/h2-10,25H,1H3,(H,23,24). The smallest absolute Gasteiger partial charge is 0.337 e. The number of rotatable bonds is 3. The molecule has 0 amide bonds. The molecular formula is C20H14ClN3O3. The minimum Gasteiger partial charge on any atom is -0.507 e. The first-order valence-electron chi connectivity index (χ1n) is 8.09. The van der Waals surface area contributed by atoms with Gasteiger partial charge in [-0.05, 0) is 48.0 Å². The maximum atomic E-state index is 11.7. The zero-order chi connectivity index (χ0) is 19.0. The zero-order valence-corrected chi connectivity index (χ0v) is 15.0. The molecule has 2 heterocycles. The van der Waals surface area contributed by atoms with Crippen LogP contribution in [0, 0.1) is 0 Å². The number of benzene rings is 2. The zero-order valence-electron chi connectivity index (χ0n) is 14.2. The van der Waals surface area contributed by atoms with Gasteiger partial charge in [0, 0.05) is 11.8 Å². The number of pyridine rings is 1. The number of aromatic amines is 1. The van der Waals surface area contributed by atoms with Crippen molar-refractivity contribution in [3.63, 3.8) is 0 Å². The number of carbonyl (C=O) groups is 1. The third-order valence-corrected chi connectivity index (χ3v) is 4.53. The van der Waals surface area contributed by atoms with Gasteiger partial charge in [-0.2, -0.15) is 0 Å². The molecule has 0 aliphatic rings. The summed E-state index contributed by atoms with van der Waals surface area (Å²) in [7, 11) is 1.33. The number of ether oxygens (including phenoxy) is 1. The van der Waals surface area contributed by atoms with E-state index in [4.69, 9.17) is 16.3 Å². The van der Waals surface area contributed by atoms with Crippen LogP contribution in [-0.2, 0) is 4.74 Å². The number of aromatic hydroxyl groups is 1. The van der Waals surface area contributed by atoms with Gasteiger partial charge in [0.05, 0.1) is 29.3 Å². The summed E-state index contributed by atoms with van der Waals surface area (Å²) >= 11 is 6.18. The third-order valence-electron chi connectivity index (χ3n) is 4.22. The molecule has 7 heteroatoms. The Kier molecular flexibility index (Phi) is 4.25. The number of carbonyl (C=O) groups excluding carboxylic acids is 1. The lowest BCUT2D eigenvalue weighted by atomic mass is 10.0. The molecule has 0 unspecified atom stereocenters. The number of esters is 1. The number of phenols is 1. The monoisotopic (exact) mass is 379 g/mol. The summed E-state index contributed by atoms with van der Waals surface area (Å²) in [5.74, 6) is 0.126. The topological polar surface area (TPSA) is 88.1 Å². The van der Waals surface area contributed by atoms with Crippen LogP contribution in [0.25, 0.3) is 33.5 Å². The molecule has 0 aliphatic carbocycles. The fourth-order valence-corrected chi connectivity index (χ4v) is 3.11. The number of nitrogens with zero attached hydrogens (tertiary/aromatic N) is 2. The van der Waals surface area contributed by atoms with Crippen molar-refractivity contribution in [3.05, 3.63) is 65.4 Å². The van der Waals surface area contributed by atoms with Crippen LogP contribution >= 0.6 is 11.6 Å². The van der Waals surface area contributed by atoms with Gasteiger partial charge in [0.25, 0.3) is 0 Å². The lowest BCUT2D eigenvalue weighted by Crippen LogP contribution is -2.00. The Bertz CT molecular complexity index is 1170. The lowest BCUT2D eigenvalue weighted by molar-refractivity contribution is 0.0601. The number of fused-ring (bicyclic) bond motifs is 1. The molecule has 0 radical (unpaired) electrons. The van der Waals surface area contributed by atoms with E-state index in [1.807, 2.05) is 6.07 Å². The van der Waals surface area contributed by atoms with E-state index >= 15 is 0 Å². The molecule has 0 saturated heterocycles. The van der Waals surface area contributed by atoms with Gasteiger partial charge in [0.15, 0.2) is 0 Å². The third kappa shape index (κ3) is 3.11. The second-order valence-electron chi connectivity index (χ2n) is 5.88. The first-order chi connectivity index (χ1) is 13.1. The first-order valence-corrected chi connectivity index (χ1v) is 8.47. The van der Waals surface area contributed by atoms with E-state index in [-0.39, 0.29) is 5.75 Å². The summed E-state index contributed by atoms with van der Waals surface area (Å²) in [6.07, 6.45) is 1.62. The summed E-state index contributed by atoms with van der Waals surface area (Å²) in [5.41, 5.74) is 3.82. The van der Waals surface area contributed by atoms with Gasteiger partial charge in [0.2, 0.25) is 0 Å². The highest BCUT2D eigenvalue weighted by Gasteiger charge is 2.14.